The molecule has 0 saturated carbocycles. The molecule has 2 aromatic rings. The van der Waals surface area contributed by atoms with Crippen molar-refractivity contribution in [1.82, 2.24) is 9.97 Å². The minimum absolute atomic E-state index is 0.203. The van der Waals surface area contributed by atoms with Crippen LogP contribution >= 0.6 is 23.4 Å². The maximum atomic E-state index is 11.6. The second-order valence-corrected chi connectivity index (χ2v) is 5.58. The van der Waals surface area contributed by atoms with Crippen LogP contribution in [-0.4, -0.2) is 16.3 Å². The number of halogens is 1. The van der Waals surface area contributed by atoms with Gasteiger partial charge >= 0.3 is 0 Å². The van der Waals surface area contributed by atoms with Crippen molar-refractivity contribution in [3.63, 3.8) is 0 Å². The van der Waals surface area contributed by atoms with Crippen molar-refractivity contribution in [2.45, 2.75) is 29.8 Å². The van der Waals surface area contributed by atoms with Crippen LogP contribution in [0, 0.1) is 0 Å². The summed E-state index contributed by atoms with van der Waals surface area (Å²) in [6, 6.07) is 6.57. The Hall–Kier alpha value is -1.59. The van der Waals surface area contributed by atoms with E-state index < -0.39 is 0 Å². The third kappa shape index (κ3) is 3.49. The number of nitrogens with zero attached hydrogens (tertiary/aromatic N) is 1. The number of hydrogen-bond acceptors (Lipinski definition) is 4. The lowest BCUT2D eigenvalue weighted by atomic mass is 10.2. The average Bonchev–Trinajstić information content (AvgIpc) is 2.41. The van der Waals surface area contributed by atoms with Crippen molar-refractivity contribution >= 4 is 29.6 Å². The molecule has 0 atom stereocenters. The van der Waals surface area contributed by atoms with Gasteiger partial charge in [-0.05, 0) is 24.2 Å². The van der Waals surface area contributed by atoms with Crippen LogP contribution < -0.4 is 5.56 Å². The van der Waals surface area contributed by atoms with Crippen molar-refractivity contribution in [2.24, 2.45) is 0 Å². The van der Waals surface area contributed by atoms with Crippen LogP contribution in [0.5, 0.6) is 0 Å². The summed E-state index contributed by atoms with van der Waals surface area (Å²) in [4.78, 5) is 30.3. The lowest BCUT2D eigenvalue weighted by Crippen LogP contribution is -2.10. The van der Waals surface area contributed by atoms with E-state index in [9.17, 15) is 9.59 Å². The molecule has 0 aliphatic carbocycles. The number of aryl methyl sites for hydroxylation is 1. The van der Waals surface area contributed by atoms with Gasteiger partial charge in [0.2, 0.25) is 0 Å². The van der Waals surface area contributed by atoms with Gasteiger partial charge in [0.1, 0.15) is 0 Å². The van der Waals surface area contributed by atoms with Crippen molar-refractivity contribution < 1.29 is 4.79 Å². The molecule has 0 spiro atoms. The number of aldehydes is 1. The number of carbonyl (C=O) groups is 1. The summed E-state index contributed by atoms with van der Waals surface area (Å²) < 4.78 is 0. The maximum absolute atomic E-state index is 11.6. The van der Waals surface area contributed by atoms with E-state index in [-0.39, 0.29) is 5.56 Å². The third-order valence-corrected chi connectivity index (χ3v) is 4.08. The molecular weight excluding hydrogens is 296 g/mol. The Bertz CT molecular complexity index is 685. The van der Waals surface area contributed by atoms with E-state index in [1.54, 1.807) is 18.2 Å². The summed E-state index contributed by atoms with van der Waals surface area (Å²) in [5.74, 6) is 0. The van der Waals surface area contributed by atoms with Crippen LogP contribution in [0.4, 0.5) is 0 Å². The second-order valence-electron chi connectivity index (χ2n) is 4.17. The van der Waals surface area contributed by atoms with Crippen LogP contribution in [0.1, 0.15) is 29.4 Å². The first-order valence-corrected chi connectivity index (χ1v) is 7.35. The quantitative estimate of drug-likeness (QED) is 0.679. The summed E-state index contributed by atoms with van der Waals surface area (Å²) in [7, 11) is 0. The molecule has 0 saturated heterocycles. The summed E-state index contributed by atoms with van der Waals surface area (Å²) in [6.45, 7) is 2.02. The lowest BCUT2D eigenvalue weighted by Gasteiger charge is -2.07. The van der Waals surface area contributed by atoms with Crippen LogP contribution in [0.2, 0.25) is 5.02 Å². The molecule has 0 unspecified atom stereocenters. The fourth-order valence-corrected chi connectivity index (χ4v) is 2.94. The maximum Gasteiger partial charge on any atom is 0.251 e. The topological polar surface area (TPSA) is 62.8 Å². The zero-order valence-corrected chi connectivity index (χ0v) is 12.4. The van der Waals surface area contributed by atoms with Crippen LogP contribution in [0.15, 0.2) is 39.1 Å². The lowest BCUT2D eigenvalue weighted by molar-refractivity contribution is 0.112. The van der Waals surface area contributed by atoms with Gasteiger partial charge in [0.25, 0.3) is 5.56 Å². The summed E-state index contributed by atoms with van der Waals surface area (Å²) in [6.07, 6.45) is 2.38. The Morgan fingerprint density at radius 1 is 1.45 bits per heavy atom. The predicted molar refractivity (Wildman–Crippen MR) is 79.8 cm³/mol. The first kappa shape index (κ1) is 14.8. The normalized spacial score (nSPS) is 10.5. The Kier molecular flexibility index (Phi) is 4.98. The fourth-order valence-electron chi connectivity index (χ4n) is 1.74. The molecule has 4 nitrogen and oxygen atoms in total. The van der Waals surface area contributed by atoms with Crippen LogP contribution in [0.3, 0.4) is 0 Å². The van der Waals surface area contributed by atoms with E-state index in [0.717, 1.165) is 24.8 Å². The molecule has 0 fully saturated rings. The Morgan fingerprint density at radius 3 is 2.95 bits per heavy atom. The smallest absolute Gasteiger partial charge is 0.251 e. The molecule has 104 valence electrons. The van der Waals surface area contributed by atoms with Crippen molar-refractivity contribution in [3.05, 3.63) is 50.9 Å². The number of rotatable bonds is 5. The first-order valence-electron chi connectivity index (χ1n) is 6.15. The zero-order valence-electron chi connectivity index (χ0n) is 10.9. The molecule has 0 aliphatic heterocycles. The summed E-state index contributed by atoms with van der Waals surface area (Å²) in [5, 5.41) is 0.903. The molecule has 2 rings (SSSR count). The van der Waals surface area contributed by atoms with Gasteiger partial charge in [0, 0.05) is 22.2 Å². The Morgan fingerprint density at radius 2 is 2.25 bits per heavy atom. The van der Waals surface area contributed by atoms with E-state index >= 15 is 0 Å². The van der Waals surface area contributed by atoms with Gasteiger partial charge in [-0.15, -0.1) is 0 Å². The standard InChI is InChI=1S/C14H13ClN2O2S/c1-2-4-10-7-12(19)17-14(16-10)20-13-9(8-18)5-3-6-11(13)15/h3,5-8H,2,4H2,1H3,(H,16,17,19). The van der Waals surface area contributed by atoms with Gasteiger partial charge in [-0.25, -0.2) is 4.98 Å². The van der Waals surface area contributed by atoms with Crippen LogP contribution in [0.25, 0.3) is 0 Å². The third-order valence-electron chi connectivity index (χ3n) is 2.60. The van der Waals surface area contributed by atoms with Crippen molar-refractivity contribution in [1.29, 1.82) is 0 Å². The molecule has 20 heavy (non-hydrogen) atoms. The van der Waals surface area contributed by atoms with E-state index in [0.29, 0.717) is 20.6 Å². The van der Waals surface area contributed by atoms with E-state index in [1.165, 1.54) is 17.8 Å². The van der Waals surface area contributed by atoms with Crippen molar-refractivity contribution in [2.75, 3.05) is 0 Å². The number of hydrogen-bond donors (Lipinski definition) is 1. The molecule has 0 radical (unpaired) electrons. The highest BCUT2D eigenvalue weighted by Gasteiger charge is 2.10. The molecule has 6 heteroatoms. The van der Waals surface area contributed by atoms with E-state index in [4.69, 9.17) is 11.6 Å². The molecule has 0 bridgehead atoms. The number of H-pyrrole nitrogens is 1. The fraction of sp³-hybridized carbons (Fsp3) is 0.214. The van der Waals surface area contributed by atoms with Gasteiger partial charge in [-0.1, -0.05) is 37.1 Å². The highest BCUT2D eigenvalue weighted by atomic mass is 35.5. The molecule has 1 N–H and O–H groups in total. The van der Waals surface area contributed by atoms with E-state index in [2.05, 4.69) is 9.97 Å². The molecule has 0 amide bonds. The summed E-state index contributed by atoms with van der Waals surface area (Å²) >= 11 is 7.29. The molecule has 1 aromatic heterocycles. The SMILES string of the molecule is CCCc1cc(=O)[nH]c(Sc2c(Cl)cccc2C=O)n1. The number of aromatic amines is 1. The molecule has 0 aliphatic rings. The number of nitrogens with one attached hydrogen (secondary N) is 1. The van der Waals surface area contributed by atoms with Gasteiger partial charge in [0.15, 0.2) is 11.4 Å². The minimum Gasteiger partial charge on any atom is -0.301 e. The number of carbonyl (C=O) groups excluding carboxylic acids is 1. The van der Waals surface area contributed by atoms with Gasteiger partial charge < -0.3 is 4.98 Å². The number of aromatic nitrogens is 2. The number of benzene rings is 1. The zero-order chi connectivity index (χ0) is 14.5. The van der Waals surface area contributed by atoms with Gasteiger partial charge in [-0.3, -0.25) is 9.59 Å². The van der Waals surface area contributed by atoms with Crippen molar-refractivity contribution in [3.8, 4) is 0 Å². The monoisotopic (exact) mass is 308 g/mol. The Balaban J connectivity index is 2.39. The largest absolute Gasteiger partial charge is 0.301 e. The molecule has 1 aromatic carbocycles. The average molecular weight is 309 g/mol. The van der Waals surface area contributed by atoms with Crippen LogP contribution in [-0.2, 0) is 6.42 Å². The summed E-state index contributed by atoms with van der Waals surface area (Å²) in [5.41, 5.74) is 1.01. The Labute approximate surface area is 125 Å². The minimum atomic E-state index is -0.203. The van der Waals surface area contributed by atoms with Gasteiger partial charge in [0.05, 0.1) is 5.02 Å². The van der Waals surface area contributed by atoms with E-state index in [1.807, 2.05) is 6.92 Å². The highest BCUT2D eigenvalue weighted by molar-refractivity contribution is 7.99. The predicted octanol–water partition coefficient (Wildman–Crippen LogP) is 3.34. The molecule has 1 heterocycles. The second kappa shape index (κ2) is 6.72. The molecular formula is C14H13ClN2O2S. The van der Waals surface area contributed by atoms with Gasteiger partial charge in [-0.2, -0.15) is 0 Å². The highest BCUT2D eigenvalue weighted by Crippen LogP contribution is 2.33. The first-order chi connectivity index (χ1) is 9.63.